The van der Waals surface area contributed by atoms with Crippen molar-refractivity contribution < 1.29 is 4.74 Å². The van der Waals surface area contributed by atoms with Crippen LogP contribution in [0.4, 0.5) is 5.82 Å². The third kappa shape index (κ3) is 1.99. The minimum atomic E-state index is 0.404. The van der Waals surface area contributed by atoms with E-state index in [1.54, 1.807) is 0 Å². The number of aryl methyl sites for hydroxylation is 1. The molecule has 0 radical (unpaired) electrons. The van der Waals surface area contributed by atoms with Gasteiger partial charge in [-0.25, -0.2) is 4.68 Å². The Morgan fingerprint density at radius 2 is 2.27 bits per heavy atom. The van der Waals surface area contributed by atoms with Crippen LogP contribution >= 0.6 is 22.6 Å². The number of hydrogen-bond donors (Lipinski definition) is 1. The van der Waals surface area contributed by atoms with Gasteiger partial charge in [0.2, 0.25) is 0 Å². The highest BCUT2D eigenvalue weighted by Crippen LogP contribution is 2.36. The second-order valence-electron chi connectivity index (χ2n) is 3.93. The molecule has 1 heterocycles. The first-order valence-corrected chi connectivity index (χ1v) is 6.33. The zero-order valence-corrected chi connectivity index (χ0v) is 11.2. The van der Waals surface area contributed by atoms with Gasteiger partial charge in [0.25, 0.3) is 0 Å². The molecule has 1 aliphatic rings. The second-order valence-corrected chi connectivity index (χ2v) is 5.01. The van der Waals surface area contributed by atoms with Gasteiger partial charge in [0.05, 0.1) is 21.4 Å². The van der Waals surface area contributed by atoms with Gasteiger partial charge >= 0.3 is 0 Å². The minimum Gasteiger partial charge on any atom is -0.383 e. The maximum atomic E-state index is 5.99. The van der Waals surface area contributed by atoms with Crippen LogP contribution in [0, 0.1) is 10.5 Å². The summed E-state index contributed by atoms with van der Waals surface area (Å²) in [5.41, 5.74) is 7.01. The van der Waals surface area contributed by atoms with Gasteiger partial charge < -0.3 is 10.5 Å². The normalized spacial score (nSPS) is 25.3. The molecule has 0 amide bonds. The molecular weight excluding hydrogens is 305 g/mol. The van der Waals surface area contributed by atoms with Gasteiger partial charge in [0.1, 0.15) is 5.82 Å². The molecule has 1 fully saturated rings. The van der Waals surface area contributed by atoms with Crippen molar-refractivity contribution in [1.82, 2.24) is 9.78 Å². The molecule has 2 rings (SSSR count). The lowest BCUT2D eigenvalue weighted by Crippen LogP contribution is -2.34. The van der Waals surface area contributed by atoms with E-state index in [4.69, 9.17) is 10.5 Å². The summed E-state index contributed by atoms with van der Waals surface area (Å²) >= 11 is 2.25. The lowest BCUT2D eigenvalue weighted by Gasteiger charge is -2.35. The Balaban J connectivity index is 2.04. The first kappa shape index (κ1) is 11.2. The van der Waals surface area contributed by atoms with Crippen molar-refractivity contribution in [2.75, 3.05) is 12.3 Å². The predicted octanol–water partition coefficient (Wildman–Crippen LogP) is 2.12. The smallest absolute Gasteiger partial charge is 0.135 e. The molecule has 1 aromatic rings. The third-order valence-corrected chi connectivity index (χ3v) is 4.20. The number of nitrogen functional groups attached to an aromatic ring is 1. The van der Waals surface area contributed by atoms with Crippen LogP contribution < -0.4 is 5.73 Å². The third-order valence-electron chi connectivity index (χ3n) is 2.87. The summed E-state index contributed by atoms with van der Waals surface area (Å²) in [6.45, 7) is 4.82. The summed E-state index contributed by atoms with van der Waals surface area (Å²) in [6.07, 6.45) is 2.48. The molecule has 0 saturated heterocycles. The molecule has 1 aromatic heterocycles. The van der Waals surface area contributed by atoms with E-state index in [1.165, 1.54) is 0 Å². The fraction of sp³-hybridized carbons (Fsp3) is 0.700. The van der Waals surface area contributed by atoms with Gasteiger partial charge in [-0.15, -0.1) is 0 Å². The van der Waals surface area contributed by atoms with Crippen LogP contribution in [0.3, 0.4) is 0 Å². The van der Waals surface area contributed by atoms with E-state index in [0.29, 0.717) is 12.1 Å². The number of nitrogens with zero attached hydrogens (tertiary/aromatic N) is 2. The van der Waals surface area contributed by atoms with Crippen LogP contribution in [-0.4, -0.2) is 22.5 Å². The van der Waals surface area contributed by atoms with Crippen LogP contribution in [0.15, 0.2) is 0 Å². The second kappa shape index (κ2) is 4.29. The summed E-state index contributed by atoms with van der Waals surface area (Å²) in [4.78, 5) is 0. The largest absolute Gasteiger partial charge is 0.383 e. The minimum absolute atomic E-state index is 0.404. The fourth-order valence-corrected chi connectivity index (χ4v) is 2.29. The Kier molecular flexibility index (Phi) is 3.20. The van der Waals surface area contributed by atoms with E-state index in [9.17, 15) is 0 Å². The SMILES string of the molecule is CCOC1CC(n2nc(C)c(I)c2N)C1. The number of nitrogens with two attached hydrogens (primary N) is 1. The molecule has 4 nitrogen and oxygen atoms in total. The van der Waals surface area contributed by atoms with Gasteiger partial charge in [-0.1, -0.05) is 0 Å². The molecular formula is C10H16IN3O. The molecule has 0 spiro atoms. The van der Waals surface area contributed by atoms with E-state index >= 15 is 0 Å². The van der Waals surface area contributed by atoms with Crippen molar-refractivity contribution in [2.24, 2.45) is 0 Å². The Labute approximate surface area is 103 Å². The Bertz CT molecular complexity index is 358. The number of hydrogen-bond acceptors (Lipinski definition) is 3. The van der Waals surface area contributed by atoms with Gasteiger partial charge in [0, 0.05) is 6.61 Å². The summed E-state index contributed by atoms with van der Waals surface area (Å²) in [6, 6.07) is 0.434. The molecule has 0 aromatic carbocycles. The number of ether oxygens (including phenoxy) is 1. The number of anilines is 1. The summed E-state index contributed by atoms with van der Waals surface area (Å²) in [5.74, 6) is 0.799. The zero-order chi connectivity index (χ0) is 11.0. The number of halogens is 1. The van der Waals surface area contributed by atoms with Crippen LogP contribution in [0.1, 0.15) is 31.5 Å². The van der Waals surface area contributed by atoms with Crippen LogP contribution in [-0.2, 0) is 4.74 Å². The first-order chi connectivity index (χ1) is 7.13. The summed E-state index contributed by atoms with van der Waals surface area (Å²) < 4.78 is 8.55. The monoisotopic (exact) mass is 321 g/mol. The zero-order valence-electron chi connectivity index (χ0n) is 9.03. The van der Waals surface area contributed by atoms with Crippen molar-refractivity contribution in [2.45, 2.75) is 38.8 Å². The molecule has 15 heavy (non-hydrogen) atoms. The predicted molar refractivity (Wildman–Crippen MR) is 67.8 cm³/mol. The van der Waals surface area contributed by atoms with Gasteiger partial charge in [-0.2, -0.15) is 5.10 Å². The fourth-order valence-electron chi connectivity index (χ4n) is 1.93. The van der Waals surface area contributed by atoms with E-state index < -0.39 is 0 Å². The molecule has 0 unspecified atom stereocenters. The topological polar surface area (TPSA) is 53.1 Å². The Morgan fingerprint density at radius 3 is 2.73 bits per heavy atom. The van der Waals surface area contributed by atoms with E-state index in [0.717, 1.165) is 34.5 Å². The van der Waals surface area contributed by atoms with Crippen molar-refractivity contribution in [1.29, 1.82) is 0 Å². The maximum absolute atomic E-state index is 5.99. The number of rotatable bonds is 3. The average Bonchev–Trinajstić information content (AvgIpc) is 2.39. The molecule has 5 heteroatoms. The molecule has 0 bridgehead atoms. The van der Waals surface area contributed by atoms with Crippen LogP contribution in [0.2, 0.25) is 0 Å². The van der Waals surface area contributed by atoms with E-state index in [-0.39, 0.29) is 0 Å². The highest BCUT2D eigenvalue weighted by atomic mass is 127. The highest BCUT2D eigenvalue weighted by molar-refractivity contribution is 14.1. The molecule has 84 valence electrons. The highest BCUT2D eigenvalue weighted by Gasteiger charge is 2.33. The van der Waals surface area contributed by atoms with Crippen molar-refractivity contribution in [3.8, 4) is 0 Å². The standard InChI is InChI=1S/C10H16IN3O/c1-3-15-8-4-7(5-8)14-10(12)9(11)6(2)13-14/h7-8H,3-5,12H2,1-2H3. The summed E-state index contributed by atoms with van der Waals surface area (Å²) in [7, 11) is 0. The van der Waals surface area contributed by atoms with Crippen LogP contribution in [0.25, 0.3) is 0 Å². The van der Waals surface area contributed by atoms with Crippen LogP contribution in [0.5, 0.6) is 0 Å². The Morgan fingerprint density at radius 1 is 1.60 bits per heavy atom. The lowest BCUT2D eigenvalue weighted by molar-refractivity contribution is -0.0221. The summed E-state index contributed by atoms with van der Waals surface area (Å²) in [5, 5.41) is 4.45. The van der Waals surface area contributed by atoms with Crippen molar-refractivity contribution >= 4 is 28.4 Å². The number of aromatic nitrogens is 2. The average molecular weight is 321 g/mol. The quantitative estimate of drug-likeness (QED) is 0.868. The Hall–Kier alpha value is -0.300. The maximum Gasteiger partial charge on any atom is 0.135 e. The van der Waals surface area contributed by atoms with Gasteiger partial charge in [-0.3, -0.25) is 0 Å². The van der Waals surface area contributed by atoms with Crippen molar-refractivity contribution in [3.63, 3.8) is 0 Å². The lowest BCUT2D eigenvalue weighted by atomic mass is 9.89. The molecule has 2 N–H and O–H groups in total. The molecule has 1 saturated carbocycles. The molecule has 0 atom stereocenters. The van der Waals surface area contributed by atoms with Gasteiger partial charge in [0.15, 0.2) is 0 Å². The van der Waals surface area contributed by atoms with Gasteiger partial charge in [-0.05, 0) is 49.3 Å². The van der Waals surface area contributed by atoms with E-state index in [2.05, 4.69) is 27.7 Å². The molecule has 0 aliphatic heterocycles. The van der Waals surface area contributed by atoms with Crippen molar-refractivity contribution in [3.05, 3.63) is 9.26 Å². The molecule has 1 aliphatic carbocycles. The first-order valence-electron chi connectivity index (χ1n) is 5.25. The van der Waals surface area contributed by atoms with E-state index in [1.807, 2.05) is 18.5 Å².